The minimum absolute atomic E-state index is 0.0727. The van der Waals surface area contributed by atoms with Crippen molar-refractivity contribution >= 4 is 17.1 Å². The quantitative estimate of drug-likeness (QED) is 0.318. The van der Waals surface area contributed by atoms with Crippen LogP contribution in [0.25, 0.3) is 22.3 Å². The third-order valence-electron chi connectivity index (χ3n) is 6.29. The average Bonchev–Trinajstić information content (AvgIpc) is 3.48. The molecule has 0 bridgehead atoms. The van der Waals surface area contributed by atoms with Crippen molar-refractivity contribution in [3.63, 3.8) is 0 Å². The van der Waals surface area contributed by atoms with Crippen molar-refractivity contribution in [2.45, 2.75) is 31.0 Å². The SMILES string of the molecule is Nc1nc2c(ncn2[C@@H]2O[C@H](CO)C(Oc3cccc4c3Cc3ccccc3-4)C2O)c(=O)[nH]1. The Bertz CT molecular complexity index is 1430. The van der Waals surface area contributed by atoms with Crippen LogP contribution in [0.2, 0.25) is 0 Å². The van der Waals surface area contributed by atoms with Gasteiger partial charge in [0.25, 0.3) is 5.56 Å². The predicted molar refractivity (Wildman–Crippen MR) is 119 cm³/mol. The molecule has 0 saturated carbocycles. The van der Waals surface area contributed by atoms with Crippen LogP contribution in [0.15, 0.2) is 53.6 Å². The molecule has 10 heteroatoms. The predicted octanol–water partition coefficient (Wildman–Crippen LogP) is 0.971. The molecule has 1 fully saturated rings. The van der Waals surface area contributed by atoms with Crippen LogP contribution < -0.4 is 16.0 Å². The molecule has 2 aromatic carbocycles. The summed E-state index contributed by atoms with van der Waals surface area (Å²) in [6.07, 6.45) is -1.72. The summed E-state index contributed by atoms with van der Waals surface area (Å²) in [5.74, 6) is 0.553. The third-order valence-corrected chi connectivity index (χ3v) is 6.29. The van der Waals surface area contributed by atoms with Crippen LogP contribution >= 0.6 is 0 Å². The van der Waals surface area contributed by atoms with Gasteiger partial charge in [0.15, 0.2) is 23.5 Å². The van der Waals surface area contributed by atoms with Crippen LogP contribution in [-0.4, -0.2) is 54.7 Å². The van der Waals surface area contributed by atoms with Gasteiger partial charge in [-0.15, -0.1) is 0 Å². The van der Waals surface area contributed by atoms with Gasteiger partial charge in [0.2, 0.25) is 5.95 Å². The maximum absolute atomic E-state index is 12.1. The molecular formula is C23H21N5O5. The van der Waals surface area contributed by atoms with Gasteiger partial charge in [-0.25, -0.2) is 4.98 Å². The minimum atomic E-state index is -1.17. The first-order valence-corrected chi connectivity index (χ1v) is 10.6. The van der Waals surface area contributed by atoms with Gasteiger partial charge in [0.05, 0.1) is 12.9 Å². The fraction of sp³-hybridized carbons (Fsp3) is 0.261. The van der Waals surface area contributed by atoms with E-state index in [1.807, 2.05) is 30.3 Å². The van der Waals surface area contributed by atoms with Crippen molar-refractivity contribution in [1.29, 1.82) is 0 Å². The second-order valence-corrected chi connectivity index (χ2v) is 8.21. The van der Waals surface area contributed by atoms with Crippen molar-refractivity contribution < 1.29 is 19.7 Å². The highest BCUT2D eigenvalue weighted by Crippen LogP contribution is 2.42. The summed E-state index contributed by atoms with van der Waals surface area (Å²) in [6.45, 7) is -0.365. The molecule has 4 aromatic rings. The molecule has 3 heterocycles. The Morgan fingerprint density at radius 3 is 2.88 bits per heavy atom. The summed E-state index contributed by atoms with van der Waals surface area (Å²) in [5, 5.41) is 21.1. The molecule has 0 radical (unpaired) electrons. The second kappa shape index (κ2) is 7.41. The standard InChI is InChI=1S/C23H21N5O5/c24-23-26-20-17(21(31)27-23)25-10-28(20)22-18(30)19(16(9-29)33-22)32-15-7-3-6-13-12-5-2-1-4-11(12)8-14(13)15/h1-7,10,16,18-19,22,29-30H,8-9H2,(H3,24,26,27,31)/t16-,18?,19?,22-/m1/s1. The van der Waals surface area contributed by atoms with E-state index in [2.05, 4.69) is 27.1 Å². The van der Waals surface area contributed by atoms with E-state index < -0.39 is 30.1 Å². The van der Waals surface area contributed by atoms with Gasteiger partial charge in [-0.3, -0.25) is 14.3 Å². The van der Waals surface area contributed by atoms with Crippen LogP contribution in [0.1, 0.15) is 17.4 Å². The lowest BCUT2D eigenvalue weighted by Gasteiger charge is -2.22. The Kier molecular flexibility index (Phi) is 4.47. The number of fused-ring (bicyclic) bond motifs is 4. The number of nitrogen functional groups attached to an aromatic ring is 1. The Balaban J connectivity index is 1.34. The monoisotopic (exact) mass is 447 g/mol. The number of nitrogens with two attached hydrogens (primary N) is 1. The van der Waals surface area contributed by atoms with Gasteiger partial charge in [0, 0.05) is 12.0 Å². The fourth-order valence-corrected chi connectivity index (χ4v) is 4.76. The van der Waals surface area contributed by atoms with Crippen LogP contribution in [0.4, 0.5) is 5.95 Å². The molecule has 2 unspecified atom stereocenters. The summed E-state index contributed by atoms with van der Waals surface area (Å²) < 4.78 is 13.6. The molecule has 10 nitrogen and oxygen atoms in total. The highest BCUT2D eigenvalue weighted by atomic mass is 16.6. The van der Waals surface area contributed by atoms with Crippen LogP contribution in [0, 0.1) is 0 Å². The molecule has 1 aliphatic heterocycles. The highest BCUT2D eigenvalue weighted by molar-refractivity contribution is 5.79. The molecule has 2 aliphatic rings. The Labute approximate surface area is 187 Å². The number of hydrogen-bond acceptors (Lipinski definition) is 8. The smallest absolute Gasteiger partial charge is 0.280 e. The number of anilines is 1. The summed E-state index contributed by atoms with van der Waals surface area (Å²) in [7, 11) is 0. The molecule has 0 amide bonds. The van der Waals surface area contributed by atoms with E-state index >= 15 is 0 Å². The van der Waals surface area contributed by atoms with Crippen LogP contribution in [0.5, 0.6) is 5.75 Å². The largest absolute Gasteiger partial charge is 0.484 e. The van der Waals surface area contributed by atoms with E-state index in [4.69, 9.17) is 15.2 Å². The lowest BCUT2D eigenvalue weighted by atomic mass is 10.1. The van der Waals surface area contributed by atoms with Gasteiger partial charge in [0.1, 0.15) is 18.0 Å². The number of ether oxygens (including phenoxy) is 2. The van der Waals surface area contributed by atoms with Crippen molar-refractivity contribution in [2.75, 3.05) is 12.3 Å². The summed E-state index contributed by atoms with van der Waals surface area (Å²) >= 11 is 0. The first-order valence-electron chi connectivity index (χ1n) is 10.6. The number of H-pyrrole nitrogens is 1. The molecule has 6 rings (SSSR count). The van der Waals surface area contributed by atoms with Crippen LogP contribution in [-0.2, 0) is 11.2 Å². The van der Waals surface area contributed by atoms with E-state index in [-0.39, 0.29) is 23.7 Å². The number of rotatable bonds is 4. The molecule has 4 atom stereocenters. The fourth-order valence-electron chi connectivity index (χ4n) is 4.76. The highest BCUT2D eigenvalue weighted by Gasteiger charge is 2.47. The third kappa shape index (κ3) is 3.03. The van der Waals surface area contributed by atoms with Crippen LogP contribution in [0.3, 0.4) is 0 Å². The van der Waals surface area contributed by atoms with Gasteiger partial charge in [-0.05, 0) is 22.8 Å². The number of hydrogen-bond donors (Lipinski definition) is 4. The van der Waals surface area contributed by atoms with E-state index in [1.54, 1.807) is 0 Å². The maximum atomic E-state index is 12.1. The van der Waals surface area contributed by atoms with E-state index in [0.29, 0.717) is 5.75 Å². The van der Waals surface area contributed by atoms with Crippen molar-refractivity contribution in [3.8, 4) is 16.9 Å². The normalized spacial score (nSPS) is 23.6. The molecule has 0 spiro atoms. The van der Waals surface area contributed by atoms with Gasteiger partial charge in [-0.1, -0.05) is 36.4 Å². The van der Waals surface area contributed by atoms with Gasteiger partial charge in [-0.2, -0.15) is 4.98 Å². The number of aliphatic hydroxyl groups excluding tert-OH is 2. The lowest BCUT2D eigenvalue weighted by Crippen LogP contribution is -2.38. The maximum Gasteiger partial charge on any atom is 0.280 e. The molecule has 168 valence electrons. The van der Waals surface area contributed by atoms with E-state index in [0.717, 1.165) is 23.1 Å². The number of imidazole rings is 1. The van der Waals surface area contributed by atoms with Crippen molar-refractivity contribution in [1.82, 2.24) is 19.5 Å². The molecular weight excluding hydrogens is 426 g/mol. The lowest BCUT2D eigenvalue weighted by molar-refractivity contribution is -0.0504. The van der Waals surface area contributed by atoms with Gasteiger partial charge < -0.3 is 25.4 Å². The summed E-state index contributed by atoms with van der Waals surface area (Å²) in [6, 6.07) is 14.0. The second-order valence-electron chi connectivity index (χ2n) is 8.21. The minimum Gasteiger partial charge on any atom is -0.484 e. The number of aromatic nitrogens is 4. The zero-order chi connectivity index (χ0) is 22.7. The van der Waals surface area contributed by atoms with E-state index in [9.17, 15) is 15.0 Å². The number of aromatic amines is 1. The molecule has 1 aliphatic carbocycles. The Hall–Kier alpha value is -3.73. The Morgan fingerprint density at radius 2 is 2.03 bits per heavy atom. The number of aliphatic hydroxyl groups is 2. The number of benzene rings is 2. The first-order chi connectivity index (χ1) is 16.0. The first kappa shape index (κ1) is 19.9. The molecule has 5 N–H and O–H groups in total. The summed E-state index contributed by atoms with van der Waals surface area (Å²) in [4.78, 5) is 22.7. The average molecular weight is 447 g/mol. The number of nitrogens with zero attached hydrogens (tertiary/aromatic N) is 3. The number of nitrogens with one attached hydrogen (secondary N) is 1. The topological polar surface area (TPSA) is 149 Å². The van der Waals surface area contributed by atoms with Crippen molar-refractivity contribution in [3.05, 3.63) is 70.3 Å². The van der Waals surface area contributed by atoms with E-state index in [1.165, 1.54) is 16.5 Å². The molecule has 33 heavy (non-hydrogen) atoms. The van der Waals surface area contributed by atoms with Crippen molar-refractivity contribution in [2.24, 2.45) is 0 Å². The van der Waals surface area contributed by atoms with Gasteiger partial charge >= 0.3 is 0 Å². The zero-order valence-corrected chi connectivity index (χ0v) is 17.4. The zero-order valence-electron chi connectivity index (χ0n) is 17.4. The summed E-state index contributed by atoms with van der Waals surface area (Å²) in [5.41, 5.74) is 9.93. The molecule has 1 saturated heterocycles. The Morgan fingerprint density at radius 1 is 1.21 bits per heavy atom. The molecule has 2 aromatic heterocycles.